The minimum absolute atomic E-state index is 0.0406. The molecule has 0 aliphatic carbocycles. The number of nitrogens with one attached hydrogen (secondary N) is 1. The molecule has 0 heterocycles. The van der Waals surface area contributed by atoms with Gasteiger partial charge in [0.15, 0.2) is 0 Å². The van der Waals surface area contributed by atoms with Crippen molar-refractivity contribution in [3.63, 3.8) is 0 Å². The Kier molecular flexibility index (Phi) is 11.0. The highest BCUT2D eigenvalue weighted by Crippen LogP contribution is 2.27. The zero-order valence-electron chi connectivity index (χ0n) is 22.5. The van der Waals surface area contributed by atoms with E-state index in [1.54, 1.807) is 37.3 Å². The molecule has 0 fully saturated rings. The number of sulfonamides is 1. The minimum Gasteiger partial charge on any atom is -0.354 e. The van der Waals surface area contributed by atoms with E-state index in [1.165, 1.54) is 35.2 Å². The smallest absolute Gasteiger partial charge is 0.264 e. The molecule has 0 aliphatic heterocycles. The van der Waals surface area contributed by atoms with Crippen molar-refractivity contribution in [1.82, 2.24) is 10.2 Å². The lowest BCUT2D eigenvalue weighted by Crippen LogP contribution is -2.52. The Morgan fingerprint density at radius 2 is 1.62 bits per heavy atom. The molecule has 214 valence electrons. The summed E-state index contributed by atoms with van der Waals surface area (Å²) < 4.78 is 42.1. The Bertz CT molecular complexity index is 1420. The van der Waals surface area contributed by atoms with E-state index >= 15 is 0 Å². The van der Waals surface area contributed by atoms with Gasteiger partial charge in [-0.2, -0.15) is 0 Å². The van der Waals surface area contributed by atoms with Crippen LogP contribution >= 0.6 is 23.2 Å². The second-order valence-electron chi connectivity index (χ2n) is 9.62. The molecule has 0 radical (unpaired) electrons. The molecular weight excluding hydrogens is 576 g/mol. The first kappa shape index (κ1) is 31.4. The molecule has 3 aromatic rings. The van der Waals surface area contributed by atoms with E-state index in [0.717, 1.165) is 16.4 Å². The highest BCUT2D eigenvalue weighted by atomic mass is 35.5. The summed E-state index contributed by atoms with van der Waals surface area (Å²) in [7, 11) is -4.24. The maximum Gasteiger partial charge on any atom is 0.264 e. The van der Waals surface area contributed by atoms with Crippen molar-refractivity contribution >= 4 is 50.7 Å². The molecule has 7 nitrogen and oxygen atoms in total. The molecule has 0 bridgehead atoms. The van der Waals surface area contributed by atoms with Crippen LogP contribution in [0.2, 0.25) is 10.0 Å². The maximum absolute atomic E-state index is 14.0. The third-order valence-electron chi connectivity index (χ3n) is 6.15. The molecule has 0 saturated carbocycles. The van der Waals surface area contributed by atoms with E-state index in [0.29, 0.717) is 22.2 Å². The number of carbonyl (C=O) groups is 2. The van der Waals surface area contributed by atoms with Crippen LogP contribution < -0.4 is 9.62 Å². The molecule has 11 heteroatoms. The quantitative estimate of drug-likeness (QED) is 0.277. The van der Waals surface area contributed by atoms with Crippen molar-refractivity contribution < 1.29 is 22.4 Å². The van der Waals surface area contributed by atoms with Crippen LogP contribution in [0.1, 0.15) is 32.8 Å². The van der Waals surface area contributed by atoms with Gasteiger partial charge in [0.25, 0.3) is 10.0 Å². The Morgan fingerprint density at radius 3 is 2.20 bits per heavy atom. The number of carbonyl (C=O) groups excluding carboxylic acids is 2. The van der Waals surface area contributed by atoms with Gasteiger partial charge in [0.1, 0.15) is 18.4 Å². The molecule has 0 aromatic heterocycles. The van der Waals surface area contributed by atoms with Crippen molar-refractivity contribution in [3.8, 4) is 0 Å². The van der Waals surface area contributed by atoms with Crippen LogP contribution in [0.15, 0.2) is 77.7 Å². The average Bonchev–Trinajstić information content (AvgIpc) is 2.92. The summed E-state index contributed by atoms with van der Waals surface area (Å²) in [6.07, 6.45) is 0.267. The predicted octanol–water partition coefficient (Wildman–Crippen LogP) is 5.91. The van der Waals surface area contributed by atoms with Crippen molar-refractivity contribution in [2.24, 2.45) is 5.92 Å². The van der Waals surface area contributed by atoms with Crippen LogP contribution in [0.5, 0.6) is 0 Å². The lowest BCUT2D eigenvalue weighted by atomic mass is 10.1. The van der Waals surface area contributed by atoms with Gasteiger partial charge < -0.3 is 10.2 Å². The van der Waals surface area contributed by atoms with Crippen molar-refractivity contribution in [2.75, 3.05) is 17.4 Å². The highest BCUT2D eigenvalue weighted by Gasteiger charge is 2.34. The summed E-state index contributed by atoms with van der Waals surface area (Å²) in [5.41, 5.74) is 0.633. The van der Waals surface area contributed by atoms with Gasteiger partial charge in [-0.05, 0) is 66.4 Å². The van der Waals surface area contributed by atoms with Crippen LogP contribution in [-0.4, -0.2) is 44.3 Å². The van der Waals surface area contributed by atoms with Crippen molar-refractivity contribution in [1.29, 1.82) is 0 Å². The molecule has 0 unspecified atom stereocenters. The molecule has 3 aromatic carbocycles. The fourth-order valence-corrected chi connectivity index (χ4v) is 5.93. The Balaban J connectivity index is 2.05. The molecular formula is C29H32Cl2FN3O4S. The number of benzene rings is 3. The number of rotatable bonds is 12. The average molecular weight is 609 g/mol. The van der Waals surface area contributed by atoms with E-state index in [1.807, 2.05) is 13.8 Å². The molecule has 0 spiro atoms. The lowest BCUT2D eigenvalue weighted by Gasteiger charge is -2.33. The standard InChI is InChI=1S/C29H32Cl2FN3O4S/c1-4-27(29(37)33-17-20(2)3)34(18-21-10-11-22(30)16-26(21)31)28(36)19-35(24-14-12-23(32)13-15-24)40(38,39)25-8-6-5-7-9-25/h5-16,20,27H,4,17-19H2,1-3H3,(H,33,37)/t27-/m1/s1. The van der Waals surface area contributed by atoms with Crippen LogP contribution in [-0.2, 0) is 26.2 Å². The van der Waals surface area contributed by atoms with Gasteiger partial charge >= 0.3 is 0 Å². The van der Waals surface area contributed by atoms with Gasteiger partial charge in [-0.1, -0.05) is 68.2 Å². The third kappa shape index (κ3) is 7.96. The van der Waals surface area contributed by atoms with Gasteiger partial charge in [0.05, 0.1) is 10.6 Å². The molecule has 0 saturated heterocycles. The van der Waals surface area contributed by atoms with Crippen LogP contribution in [0.25, 0.3) is 0 Å². The van der Waals surface area contributed by atoms with E-state index in [-0.39, 0.29) is 35.4 Å². The number of anilines is 1. The Hall–Kier alpha value is -3.14. The monoisotopic (exact) mass is 607 g/mol. The number of halogens is 3. The van der Waals surface area contributed by atoms with Gasteiger partial charge in [0, 0.05) is 23.1 Å². The first-order valence-electron chi connectivity index (χ1n) is 12.8. The predicted molar refractivity (Wildman–Crippen MR) is 156 cm³/mol. The summed E-state index contributed by atoms with van der Waals surface area (Å²) in [5.74, 6) is -1.38. The van der Waals surface area contributed by atoms with E-state index in [2.05, 4.69) is 5.32 Å². The first-order valence-corrected chi connectivity index (χ1v) is 15.0. The molecule has 3 rings (SSSR count). The van der Waals surface area contributed by atoms with Crippen LogP contribution in [0.4, 0.5) is 10.1 Å². The summed E-state index contributed by atoms with van der Waals surface area (Å²) in [4.78, 5) is 28.5. The van der Waals surface area contributed by atoms with Crippen LogP contribution in [0, 0.1) is 11.7 Å². The first-order chi connectivity index (χ1) is 18.9. The summed E-state index contributed by atoms with van der Waals surface area (Å²) in [6, 6.07) is 16.3. The second-order valence-corrected chi connectivity index (χ2v) is 12.3. The molecule has 1 N–H and O–H groups in total. The zero-order valence-corrected chi connectivity index (χ0v) is 24.8. The SMILES string of the molecule is CC[C@H](C(=O)NCC(C)C)N(Cc1ccc(Cl)cc1Cl)C(=O)CN(c1ccc(F)cc1)S(=O)(=O)c1ccccc1. The topological polar surface area (TPSA) is 86.8 Å². The number of amides is 2. The number of hydrogen-bond acceptors (Lipinski definition) is 4. The molecule has 1 atom stereocenters. The fraction of sp³-hybridized carbons (Fsp3) is 0.310. The minimum atomic E-state index is -4.24. The second kappa shape index (κ2) is 14.0. The number of nitrogens with zero attached hydrogens (tertiary/aromatic N) is 2. The lowest BCUT2D eigenvalue weighted by molar-refractivity contribution is -0.140. The number of hydrogen-bond donors (Lipinski definition) is 1. The zero-order chi connectivity index (χ0) is 29.4. The van der Waals surface area contributed by atoms with Crippen molar-refractivity contribution in [2.45, 2.75) is 44.7 Å². The Labute approximate surface area is 244 Å². The fourth-order valence-electron chi connectivity index (χ4n) is 4.03. The highest BCUT2D eigenvalue weighted by molar-refractivity contribution is 7.92. The molecule has 40 heavy (non-hydrogen) atoms. The largest absolute Gasteiger partial charge is 0.354 e. The summed E-state index contributed by atoms with van der Waals surface area (Å²) in [5, 5.41) is 3.57. The van der Waals surface area contributed by atoms with Crippen molar-refractivity contribution in [3.05, 3.63) is 94.2 Å². The molecule has 0 aliphatic rings. The van der Waals surface area contributed by atoms with E-state index < -0.39 is 34.3 Å². The molecule has 2 amide bonds. The van der Waals surface area contributed by atoms with E-state index in [9.17, 15) is 22.4 Å². The normalized spacial score (nSPS) is 12.2. The van der Waals surface area contributed by atoms with Gasteiger partial charge in [0.2, 0.25) is 11.8 Å². The van der Waals surface area contributed by atoms with Crippen LogP contribution in [0.3, 0.4) is 0 Å². The summed E-state index contributed by atoms with van der Waals surface area (Å²) >= 11 is 12.5. The maximum atomic E-state index is 14.0. The van der Waals surface area contributed by atoms with E-state index in [4.69, 9.17) is 23.2 Å². The third-order valence-corrected chi connectivity index (χ3v) is 8.53. The van der Waals surface area contributed by atoms with Gasteiger partial charge in [-0.3, -0.25) is 13.9 Å². The Morgan fingerprint density at radius 1 is 0.975 bits per heavy atom. The van der Waals surface area contributed by atoms with Gasteiger partial charge in [-0.15, -0.1) is 0 Å². The summed E-state index contributed by atoms with van der Waals surface area (Å²) in [6.45, 7) is 5.37. The van der Waals surface area contributed by atoms with Gasteiger partial charge in [-0.25, -0.2) is 12.8 Å².